The van der Waals surface area contributed by atoms with Gasteiger partial charge in [0.15, 0.2) is 0 Å². The lowest BCUT2D eigenvalue weighted by molar-refractivity contribution is -0.157. The van der Waals surface area contributed by atoms with Crippen molar-refractivity contribution in [1.82, 2.24) is 10.3 Å². The molecule has 1 N–H and O–H groups in total. The summed E-state index contributed by atoms with van der Waals surface area (Å²) in [6.07, 6.45) is -3.40. The molecule has 72 valence electrons. The van der Waals surface area contributed by atoms with Crippen LogP contribution in [0.5, 0.6) is 0 Å². The Labute approximate surface area is 71.9 Å². The first-order valence-electron chi connectivity index (χ1n) is 3.80. The Morgan fingerprint density at radius 2 is 2.15 bits per heavy atom. The second-order valence-electron chi connectivity index (χ2n) is 2.93. The molecular weight excluding hydrogens is 185 g/mol. The number of nitrogens with one attached hydrogen (secondary N) is 1. The summed E-state index contributed by atoms with van der Waals surface area (Å²) < 4.78 is 40.4. The topological polar surface area (TPSA) is 38.1 Å². The van der Waals surface area contributed by atoms with Crippen LogP contribution in [0.25, 0.3) is 0 Å². The normalized spacial score (nSPS) is 18.7. The van der Waals surface area contributed by atoms with Gasteiger partial charge in [0, 0.05) is 19.0 Å². The molecule has 1 aromatic heterocycles. The minimum absolute atomic E-state index is 0.0693. The molecule has 3 nitrogen and oxygen atoms in total. The third-order valence-electron chi connectivity index (χ3n) is 1.96. The summed E-state index contributed by atoms with van der Waals surface area (Å²) in [5.74, 6) is -1.09. The highest BCUT2D eigenvalue weighted by Crippen LogP contribution is 2.30. The Kier molecular flexibility index (Phi) is 1.80. The summed E-state index contributed by atoms with van der Waals surface area (Å²) in [4.78, 5) is 3.37. The molecule has 1 fully saturated rings. The summed E-state index contributed by atoms with van der Waals surface area (Å²) in [6.45, 7) is 1.34. The third kappa shape index (κ3) is 1.53. The zero-order valence-corrected chi connectivity index (χ0v) is 6.56. The van der Waals surface area contributed by atoms with Gasteiger partial charge in [-0.2, -0.15) is 13.2 Å². The van der Waals surface area contributed by atoms with Crippen LogP contribution in [0.15, 0.2) is 10.7 Å². The Morgan fingerprint density at radius 3 is 2.54 bits per heavy atom. The van der Waals surface area contributed by atoms with E-state index in [0.29, 0.717) is 18.8 Å². The van der Waals surface area contributed by atoms with E-state index >= 15 is 0 Å². The Hall–Kier alpha value is -1.04. The molecule has 1 aromatic rings. The van der Waals surface area contributed by atoms with Crippen molar-refractivity contribution in [3.05, 3.63) is 17.8 Å². The first-order valence-corrected chi connectivity index (χ1v) is 3.80. The van der Waals surface area contributed by atoms with E-state index in [9.17, 15) is 13.2 Å². The lowest BCUT2D eigenvalue weighted by Gasteiger charge is -2.24. The number of nitrogens with zero attached hydrogens (tertiary/aromatic N) is 1. The standard InChI is InChI=1S/C7H7F3N2O/c8-7(9,10)6-12-5(3-13-6)4-1-11-2-4/h3-4,11H,1-2H2. The van der Waals surface area contributed by atoms with Gasteiger partial charge in [-0.3, -0.25) is 0 Å². The average Bonchev–Trinajstić information content (AvgIpc) is 2.29. The van der Waals surface area contributed by atoms with Crippen molar-refractivity contribution < 1.29 is 17.6 Å². The van der Waals surface area contributed by atoms with E-state index in [1.807, 2.05) is 0 Å². The molecule has 6 heteroatoms. The summed E-state index contributed by atoms with van der Waals surface area (Å²) in [7, 11) is 0. The van der Waals surface area contributed by atoms with Crippen molar-refractivity contribution in [3.63, 3.8) is 0 Å². The first-order chi connectivity index (χ1) is 6.07. The van der Waals surface area contributed by atoms with Gasteiger partial charge in [-0.15, -0.1) is 0 Å². The molecule has 0 aromatic carbocycles. The minimum Gasteiger partial charge on any atom is -0.441 e. The van der Waals surface area contributed by atoms with Gasteiger partial charge in [0.25, 0.3) is 0 Å². The van der Waals surface area contributed by atoms with E-state index in [0.717, 1.165) is 6.26 Å². The maximum atomic E-state index is 12.0. The monoisotopic (exact) mass is 192 g/mol. The fraction of sp³-hybridized carbons (Fsp3) is 0.571. The van der Waals surface area contributed by atoms with Crippen molar-refractivity contribution in [2.45, 2.75) is 12.1 Å². The largest absolute Gasteiger partial charge is 0.468 e. The van der Waals surface area contributed by atoms with Gasteiger partial charge in [-0.05, 0) is 0 Å². The molecule has 1 saturated heterocycles. The highest BCUT2D eigenvalue weighted by atomic mass is 19.4. The second kappa shape index (κ2) is 2.73. The number of oxazole rings is 1. The molecule has 0 amide bonds. The van der Waals surface area contributed by atoms with Crippen molar-refractivity contribution in [1.29, 1.82) is 0 Å². The van der Waals surface area contributed by atoms with Crippen LogP contribution >= 0.6 is 0 Å². The molecule has 13 heavy (non-hydrogen) atoms. The van der Waals surface area contributed by atoms with E-state index in [-0.39, 0.29) is 5.92 Å². The van der Waals surface area contributed by atoms with Crippen molar-refractivity contribution in [2.75, 3.05) is 13.1 Å². The molecule has 0 atom stereocenters. The number of halogens is 3. The molecule has 0 bridgehead atoms. The molecule has 0 aliphatic carbocycles. The number of aromatic nitrogens is 1. The van der Waals surface area contributed by atoms with Crippen LogP contribution in [0, 0.1) is 0 Å². The summed E-state index contributed by atoms with van der Waals surface area (Å²) >= 11 is 0. The van der Waals surface area contributed by atoms with E-state index < -0.39 is 12.1 Å². The van der Waals surface area contributed by atoms with Gasteiger partial charge in [-0.25, -0.2) is 4.98 Å². The summed E-state index contributed by atoms with van der Waals surface area (Å²) in [6, 6.07) is 0. The Balaban J connectivity index is 2.17. The average molecular weight is 192 g/mol. The van der Waals surface area contributed by atoms with Crippen LogP contribution in [0.1, 0.15) is 17.5 Å². The lowest BCUT2D eigenvalue weighted by Crippen LogP contribution is -2.40. The number of alkyl halides is 3. The number of rotatable bonds is 1. The molecule has 2 heterocycles. The predicted molar refractivity (Wildman–Crippen MR) is 37.1 cm³/mol. The van der Waals surface area contributed by atoms with Crippen LogP contribution in [0.3, 0.4) is 0 Å². The van der Waals surface area contributed by atoms with E-state index in [1.165, 1.54) is 0 Å². The molecule has 0 saturated carbocycles. The summed E-state index contributed by atoms with van der Waals surface area (Å²) in [5, 5.41) is 2.94. The molecule has 1 aliphatic heterocycles. The van der Waals surface area contributed by atoms with Crippen LogP contribution < -0.4 is 5.32 Å². The minimum atomic E-state index is -4.48. The van der Waals surface area contributed by atoms with Crippen LogP contribution in [0.2, 0.25) is 0 Å². The van der Waals surface area contributed by atoms with Gasteiger partial charge < -0.3 is 9.73 Å². The van der Waals surface area contributed by atoms with Gasteiger partial charge in [0.2, 0.25) is 0 Å². The molecule has 1 aliphatic rings. The smallest absolute Gasteiger partial charge is 0.441 e. The molecule has 0 spiro atoms. The van der Waals surface area contributed by atoms with Crippen molar-refractivity contribution >= 4 is 0 Å². The highest BCUT2D eigenvalue weighted by Gasteiger charge is 2.38. The lowest BCUT2D eigenvalue weighted by atomic mass is 10.0. The van der Waals surface area contributed by atoms with Gasteiger partial charge in [-0.1, -0.05) is 0 Å². The Bertz CT molecular complexity index is 303. The fourth-order valence-corrected chi connectivity index (χ4v) is 1.10. The molecule has 0 unspecified atom stereocenters. The molecule has 0 radical (unpaired) electrons. The van der Waals surface area contributed by atoms with E-state index in [2.05, 4.69) is 14.7 Å². The third-order valence-corrected chi connectivity index (χ3v) is 1.96. The summed E-state index contributed by atoms with van der Waals surface area (Å²) in [5.41, 5.74) is 0.381. The second-order valence-corrected chi connectivity index (χ2v) is 2.93. The van der Waals surface area contributed by atoms with E-state index in [4.69, 9.17) is 0 Å². The quantitative estimate of drug-likeness (QED) is 0.730. The maximum absolute atomic E-state index is 12.0. The van der Waals surface area contributed by atoms with Gasteiger partial charge >= 0.3 is 12.1 Å². The first kappa shape index (κ1) is 8.55. The Morgan fingerprint density at radius 1 is 1.46 bits per heavy atom. The van der Waals surface area contributed by atoms with Crippen LogP contribution in [-0.4, -0.2) is 18.1 Å². The van der Waals surface area contributed by atoms with Gasteiger partial charge in [0.1, 0.15) is 6.26 Å². The molecule has 2 rings (SSSR count). The van der Waals surface area contributed by atoms with Crippen molar-refractivity contribution in [3.8, 4) is 0 Å². The highest BCUT2D eigenvalue weighted by molar-refractivity contribution is 5.10. The number of hydrogen-bond acceptors (Lipinski definition) is 3. The van der Waals surface area contributed by atoms with E-state index in [1.54, 1.807) is 0 Å². The SMILES string of the molecule is FC(F)(F)c1nc(C2CNC2)co1. The van der Waals surface area contributed by atoms with Crippen LogP contribution in [0.4, 0.5) is 13.2 Å². The number of hydrogen-bond donors (Lipinski definition) is 1. The van der Waals surface area contributed by atoms with Gasteiger partial charge in [0.05, 0.1) is 5.69 Å². The van der Waals surface area contributed by atoms with Crippen LogP contribution in [-0.2, 0) is 6.18 Å². The predicted octanol–water partition coefficient (Wildman–Crippen LogP) is 1.38. The van der Waals surface area contributed by atoms with Crippen molar-refractivity contribution in [2.24, 2.45) is 0 Å². The zero-order valence-electron chi connectivity index (χ0n) is 6.56. The zero-order chi connectivity index (χ0) is 9.47. The molecular formula is C7H7F3N2O. The fourth-order valence-electron chi connectivity index (χ4n) is 1.10. The maximum Gasteiger partial charge on any atom is 0.468 e.